The minimum Gasteiger partial charge on any atom is -0.341 e. The summed E-state index contributed by atoms with van der Waals surface area (Å²) in [6.07, 6.45) is 2.83. The number of carbonyl (C=O) groups is 1. The molecule has 0 unspecified atom stereocenters. The molecule has 0 aliphatic carbocycles. The lowest BCUT2D eigenvalue weighted by molar-refractivity contribution is -0.133. The minimum absolute atomic E-state index is 0.0684. The number of piperidine rings is 1. The molecule has 0 atom stereocenters. The molecular formula is C24H27N3O3. The van der Waals surface area contributed by atoms with E-state index in [4.69, 9.17) is 0 Å². The molecule has 1 aliphatic rings. The SMILES string of the molecule is CCc1ccc(-n2c(=O)c3ccccc3n(CC(=O)N3CCC(C)CC3)c2=O)cc1. The highest BCUT2D eigenvalue weighted by Gasteiger charge is 2.22. The Hall–Kier alpha value is -3.15. The van der Waals surface area contributed by atoms with Gasteiger partial charge in [-0.25, -0.2) is 9.36 Å². The van der Waals surface area contributed by atoms with Crippen LogP contribution in [-0.4, -0.2) is 33.0 Å². The predicted octanol–water partition coefficient (Wildman–Crippen LogP) is 2.97. The van der Waals surface area contributed by atoms with Crippen molar-refractivity contribution in [1.29, 1.82) is 0 Å². The molecule has 156 valence electrons. The molecule has 0 N–H and O–H groups in total. The number of aromatic nitrogens is 2. The third-order valence-electron chi connectivity index (χ3n) is 6.08. The van der Waals surface area contributed by atoms with Crippen LogP contribution in [0.1, 0.15) is 32.3 Å². The largest absolute Gasteiger partial charge is 0.341 e. The van der Waals surface area contributed by atoms with Gasteiger partial charge in [0, 0.05) is 13.1 Å². The molecule has 6 heteroatoms. The molecule has 2 aromatic carbocycles. The van der Waals surface area contributed by atoms with Crippen molar-refractivity contribution in [2.75, 3.05) is 13.1 Å². The van der Waals surface area contributed by atoms with E-state index in [1.54, 1.807) is 36.4 Å². The van der Waals surface area contributed by atoms with Gasteiger partial charge in [-0.05, 0) is 55.0 Å². The summed E-state index contributed by atoms with van der Waals surface area (Å²) >= 11 is 0. The number of likely N-dealkylation sites (tertiary alicyclic amines) is 1. The first-order chi connectivity index (χ1) is 14.5. The molecule has 1 fully saturated rings. The van der Waals surface area contributed by atoms with Gasteiger partial charge >= 0.3 is 5.69 Å². The quantitative estimate of drug-likeness (QED) is 0.670. The van der Waals surface area contributed by atoms with Crippen molar-refractivity contribution in [2.45, 2.75) is 39.7 Å². The Morgan fingerprint density at radius 2 is 1.67 bits per heavy atom. The van der Waals surface area contributed by atoms with Crippen molar-refractivity contribution in [3.05, 3.63) is 74.9 Å². The normalized spacial score (nSPS) is 14.9. The Balaban J connectivity index is 1.81. The molecule has 0 saturated carbocycles. The Labute approximate surface area is 175 Å². The molecule has 4 rings (SSSR count). The number of para-hydroxylation sites is 1. The third-order valence-corrected chi connectivity index (χ3v) is 6.08. The van der Waals surface area contributed by atoms with Crippen LogP contribution in [-0.2, 0) is 17.8 Å². The van der Waals surface area contributed by atoms with Gasteiger partial charge in [0.2, 0.25) is 5.91 Å². The van der Waals surface area contributed by atoms with Crippen LogP contribution in [0.3, 0.4) is 0 Å². The topological polar surface area (TPSA) is 64.3 Å². The van der Waals surface area contributed by atoms with Crippen LogP contribution < -0.4 is 11.2 Å². The minimum atomic E-state index is -0.485. The fourth-order valence-electron chi connectivity index (χ4n) is 4.08. The van der Waals surface area contributed by atoms with Crippen molar-refractivity contribution in [2.24, 2.45) is 5.92 Å². The van der Waals surface area contributed by atoms with E-state index in [9.17, 15) is 14.4 Å². The first-order valence-corrected chi connectivity index (χ1v) is 10.6. The fourth-order valence-corrected chi connectivity index (χ4v) is 4.08. The summed E-state index contributed by atoms with van der Waals surface area (Å²) in [5.41, 5.74) is 1.29. The lowest BCUT2D eigenvalue weighted by Gasteiger charge is -2.30. The molecule has 1 amide bonds. The number of benzene rings is 2. The number of aryl methyl sites for hydroxylation is 1. The van der Waals surface area contributed by atoms with E-state index < -0.39 is 5.69 Å². The smallest absolute Gasteiger partial charge is 0.336 e. The zero-order chi connectivity index (χ0) is 21.3. The molecule has 1 aromatic heterocycles. The first kappa shape index (κ1) is 20.1. The Kier molecular flexibility index (Phi) is 5.57. The van der Waals surface area contributed by atoms with Crippen molar-refractivity contribution in [3.63, 3.8) is 0 Å². The van der Waals surface area contributed by atoms with Gasteiger partial charge in [-0.3, -0.25) is 14.2 Å². The van der Waals surface area contributed by atoms with E-state index in [2.05, 4.69) is 13.8 Å². The van der Waals surface area contributed by atoms with Crippen LogP contribution in [0.2, 0.25) is 0 Å². The highest BCUT2D eigenvalue weighted by molar-refractivity contribution is 5.82. The van der Waals surface area contributed by atoms with Gasteiger partial charge in [0.15, 0.2) is 0 Å². The van der Waals surface area contributed by atoms with Gasteiger partial charge in [0.05, 0.1) is 16.6 Å². The van der Waals surface area contributed by atoms with Crippen LogP contribution >= 0.6 is 0 Å². The van der Waals surface area contributed by atoms with Crippen molar-refractivity contribution < 1.29 is 4.79 Å². The number of carbonyl (C=O) groups excluding carboxylic acids is 1. The second kappa shape index (κ2) is 8.30. The van der Waals surface area contributed by atoms with E-state index >= 15 is 0 Å². The van der Waals surface area contributed by atoms with E-state index in [0.717, 1.165) is 24.8 Å². The number of amides is 1. The van der Waals surface area contributed by atoms with Gasteiger partial charge in [-0.2, -0.15) is 0 Å². The van der Waals surface area contributed by atoms with Crippen molar-refractivity contribution in [3.8, 4) is 5.69 Å². The molecule has 6 nitrogen and oxygen atoms in total. The Bertz CT molecular complexity index is 1180. The molecule has 1 saturated heterocycles. The molecule has 30 heavy (non-hydrogen) atoms. The molecule has 0 radical (unpaired) electrons. The summed E-state index contributed by atoms with van der Waals surface area (Å²) in [4.78, 5) is 41.3. The number of nitrogens with zero attached hydrogens (tertiary/aromatic N) is 3. The summed E-state index contributed by atoms with van der Waals surface area (Å²) in [5, 5.41) is 0.428. The summed E-state index contributed by atoms with van der Waals surface area (Å²) in [6.45, 7) is 5.60. The zero-order valence-electron chi connectivity index (χ0n) is 17.5. The second-order valence-electron chi connectivity index (χ2n) is 8.11. The number of fused-ring (bicyclic) bond motifs is 1. The lowest BCUT2D eigenvalue weighted by atomic mass is 9.99. The van der Waals surface area contributed by atoms with Crippen molar-refractivity contribution >= 4 is 16.8 Å². The van der Waals surface area contributed by atoms with Crippen molar-refractivity contribution in [1.82, 2.24) is 14.0 Å². The van der Waals surface area contributed by atoms with Crippen LogP contribution in [0.5, 0.6) is 0 Å². The Morgan fingerprint density at radius 1 is 1.00 bits per heavy atom. The summed E-state index contributed by atoms with van der Waals surface area (Å²) in [7, 11) is 0. The highest BCUT2D eigenvalue weighted by atomic mass is 16.2. The van der Waals surface area contributed by atoms with Crippen LogP contribution in [0.25, 0.3) is 16.6 Å². The zero-order valence-corrected chi connectivity index (χ0v) is 17.5. The number of rotatable bonds is 4. The summed E-state index contributed by atoms with van der Waals surface area (Å²) < 4.78 is 2.61. The number of hydrogen-bond donors (Lipinski definition) is 0. The number of hydrogen-bond acceptors (Lipinski definition) is 3. The van der Waals surface area contributed by atoms with Gasteiger partial charge in [0.1, 0.15) is 6.54 Å². The molecule has 2 heterocycles. The Morgan fingerprint density at radius 3 is 2.33 bits per heavy atom. The predicted molar refractivity (Wildman–Crippen MR) is 118 cm³/mol. The van der Waals surface area contributed by atoms with E-state index in [0.29, 0.717) is 35.6 Å². The van der Waals surface area contributed by atoms with E-state index in [-0.39, 0.29) is 18.0 Å². The van der Waals surface area contributed by atoms with Crippen LogP contribution in [0, 0.1) is 5.92 Å². The van der Waals surface area contributed by atoms with Crippen LogP contribution in [0.15, 0.2) is 58.1 Å². The maximum Gasteiger partial charge on any atom is 0.336 e. The molecular weight excluding hydrogens is 378 g/mol. The third kappa shape index (κ3) is 3.70. The van der Waals surface area contributed by atoms with Gasteiger partial charge in [-0.15, -0.1) is 0 Å². The molecule has 1 aliphatic heterocycles. The maximum absolute atomic E-state index is 13.4. The fraction of sp³-hybridized carbons (Fsp3) is 0.375. The van der Waals surface area contributed by atoms with Gasteiger partial charge in [0.25, 0.3) is 5.56 Å². The van der Waals surface area contributed by atoms with E-state index in [1.165, 1.54) is 9.13 Å². The van der Waals surface area contributed by atoms with Gasteiger partial charge in [-0.1, -0.05) is 38.1 Å². The van der Waals surface area contributed by atoms with Gasteiger partial charge < -0.3 is 4.90 Å². The van der Waals surface area contributed by atoms with Crippen LogP contribution in [0.4, 0.5) is 0 Å². The molecule has 3 aromatic rings. The first-order valence-electron chi connectivity index (χ1n) is 10.6. The monoisotopic (exact) mass is 405 g/mol. The lowest BCUT2D eigenvalue weighted by Crippen LogP contribution is -2.44. The maximum atomic E-state index is 13.4. The van der Waals surface area contributed by atoms with E-state index in [1.807, 2.05) is 17.0 Å². The molecule has 0 bridgehead atoms. The molecule has 0 spiro atoms. The average molecular weight is 405 g/mol. The standard InChI is InChI=1S/C24H27N3O3/c1-3-18-8-10-19(11-9-18)27-23(29)20-6-4-5-7-21(20)26(24(27)30)16-22(28)25-14-12-17(2)13-15-25/h4-11,17H,3,12-16H2,1-2H3. The summed E-state index contributed by atoms with van der Waals surface area (Å²) in [6, 6.07) is 14.4. The summed E-state index contributed by atoms with van der Waals surface area (Å²) in [5.74, 6) is 0.534. The second-order valence-corrected chi connectivity index (χ2v) is 8.11. The average Bonchev–Trinajstić information content (AvgIpc) is 2.77. The highest BCUT2D eigenvalue weighted by Crippen LogP contribution is 2.17.